The summed E-state index contributed by atoms with van der Waals surface area (Å²) in [5, 5.41) is 10.3. The standard InChI is InChI=1S/C13H14Cl3NO2/c1-7(18)8-4-5-17(6-8)13(19)11-9(14)2-3-10(15)12(11)16/h2-3,7-8,18H,4-6H2,1H3. The number of carbonyl (C=O) groups is 1. The second kappa shape index (κ2) is 5.88. The van der Waals surface area contributed by atoms with E-state index in [1.165, 1.54) is 0 Å². The number of hydrogen-bond acceptors (Lipinski definition) is 2. The average Bonchev–Trinajstić information content (AvgIpc) is 2.84. The number of rotatable bonds is 2. The van der Waals surface area contributed by atoms with E-state index in [2.05, 4.69) is 0 Å². The van der Waals surface area contributed by atoms with Gasteiger partial charge in [-0.2, -0.15) is 0 Å². The van der Waals surface area contributed by atoms with Crippen LogP contribution in [0.5, 0.6) is 0 Å². The van der Waals surface area contributed by atoms with Gasteiger partial charge in [-0.25, -0.2) is 0 Å². The van der Waals surface area contributed by atoms with Crippen molar-refractivity contribution in [2.75, 3.05) is 13.1 Å². The van der Waals surface area contributed by atoms with Crippen LogP contribution in [-0.4, -0.2) is 35.1 Å². The molecule has 1 aromatic carbocycles. The monoisotopic (exact) mass is 321 g/mol. The van der Waals surface area contributed by atoms with E-state index >= 15 is 0 Å². The molecule has 1 aliphatic heterocycles. The Hall–Kier alpha value is -0.480. The normalized spacial score (nSPS) is 20.7. The van der Waals surface area contributed by atoms with E-state index in [4.69, 9.17) is 34.8 Å². The Morgan fingerprint density at radius 1 is 1.37 bits per heavy atom. The van der Waals surface area contributed by atoms with E-state index in [1.807, 2.05) is 0 Å². The molecule has 0 aliphatic carbocycles. The van der Waals surface area contributed by atoms with Gasteiger partial charge in [0.1, 0.15) is 0 Å². The molecule has 1 aliphatic rings. The van der Waals surface area contributed by atoms with E-state index in [-0.39, 0.29) is 22.4 Å². The maximum atomic E-state index is 12.4. The van der Waals surface area contributed by atoms with Gasteiger partial charge in [0.15, 0.2) is 0 Å². The Morgan fingerprint density at radius 2 is 2.00 bits per heavy atom. The Kier molecular flexibility index (Phi) is 4.62. The molecule has 19 heavy (non-hydrogen) atoms. The maximum absolute atomic E-state index is 12.4. The van der Waals surface area contributed by atoms with Crippen molar-refractivity contribution in [3.8, 4) is 0 Å². The van der Waals surface area contributed by atoms with Crippen molar-refractivity contribution in [1.29, 1.82) is 0 Å². The molecule has 2 rings (SSSR count). The van der Waals surface area contributed by atoms with E-state index in [9.17, 15) is 9.90 Å². The van der Waals surface area contributed by atoms with Crippen molar-refractivity contribution in [2.24, 2.45) is 5.92 Å². The van der Waals surface area contributed by atoms with Gasteiger partial charge in [-0.15, -0.1) is 0 Å². The van der Waals surface area contributed by atoms with Gasteiger partial charge in [-0.3, -0.25) is 4.79 Å². The van der Waals surface area contributed by atoms with Crippen LogP contribution in [0.25, 0.3) is 0 Å². The van der Waals surface area contributed by atoms with Gasteiger partial charge in [-0.1, -0.05) is 34.8 Å². The first kappa shape index (κ1) is 14.9. The van der Waals surface area contributed by atoms with Crippen molar-refractivity contribution in [3.63, 3.8) is 0 Å². The Labute approximate surface area is 127 Å². The summed E-state index contributed by atoms with van der Waals surface area (Å²) in [6.45, 7) is 2.83. The third kappa shape index (κ3) is 3.00. The van der Waals surface area contributed by atoms with Crippen LogP contribution in [0.3, 0.4) is 0 Å². The fourth-order valence-electron chi connectivity index (χ4n) is 2.25. The highest BCUT2D eigenvalue weighted by Gasteiger charge is 2.31. The summed E-state index contributed by atoms with van der Waals surface area (Å²) in [6, 6.07) is 3.12. The fourth-order valence-corrected chi connectivity index (χ4v) is 2.94. The molecule has 1 N–H and O–H groups in total. The number of likely N-dealkylation sites (tertiary alicyclic amines) is 1. The predicted octanol–water partition coefficient (Wildman–Crippen LogP) is 3.49. The number of nitrogens with zero attached hydrogens (tertiary/aromatic N) is 1. The van der Waals surface area contributed by atoms with E-state index in [0.29, 0.717) is 23.1 Å². The molecule has 1 amide bonds. The Morgan fingerprint density at radius 3 is 2.58 bits per heavy atom. The lowest BCUT2D eigenvalue weighted by atomic mass is 10.0. The Balaban J connectivity index is 2.24. The second-order valence-corrected chi connectivity index (χ2v) is 5.95. The molecule has 104 valence electrons. The van der Waals surface area contributed by atoms with E-state index in [1.54, 1.807) is 24.0 Å². The highest BCUT2D eigenvalue weighted by molar-refractivity contribution is 6.46. The SMILES string of the molecule is CC(O)C1CCN(C(=O)c2c(Cl)ccc(Cl)c2Cl)C1. The van der Waals surface area contributed by atoms with Crippen LogP contribution in [0.1, 0.15) is 23.7 Å². The van der Waals surface area contributed by atoms with Crippen LogP contribution in [0.4, 0.5) is 0 Å². The van der Waals surface area contributed by atoms with Gasteiger partial charge in [0.05, 0.1) is 26.7 Å². The molecule has 0 radical (unpaired) electrons. The van der Waals surface area contributed by atoms with Crippen molar-refractivity contribution in [3.05, 3.63) is 32.8 Å². The number of aliphatic hydroxyl groups excluding tert-OH is 1. The first-order chi connectivity index (χ1) is 8.91. The summed E-state index contributed by atoms with van der Waals surface area (Å²) < 4.78 is 0. The first-order valence-corrected chi connectivity index (χ1v) is 7.16. The number of amides is 1. The zero-order valence-electron chi connectivity index (χ0n) is 10.4. The second-order valence-electron chi connectivity index (χ2n) is 4.76. The van der Waals surface area contributed by atoms with Gasteiger partial charge in [-0.05, 0) is 25.5 Å². The van der Waals surface area contributed by atoms with Gasteiger partial charge in [0, 0.05) is 19.0 Å². The molecule has 0 spiro atoms. The molecule has 1 aromatic rings. The summed E-state index contributed by atoms with van der Waals surface area (Å²) in [5.41, 5.74) is 0.238. The summed E-state index contributed by atoms with van der Waals surface area (Å²) in [5.74, 6) is -0.138. The zero-order valence-corrected chi connectivity index (χ0v) is 12.6. The molecule has 6 heteroatoms. The molecule has 1 heterocycles. The summed E-state index contributed by atoms with van der Waals surface area (Å²) in [4.78, 5) is 14.1. The number of benzene rings is 1. The van der Waals surface area contributed by atoms with Crippen molar-refractivity contribution >= 4 is 40.7 Å². The molecule has 0 aromatic heterocycles. The number of carbonyl (C=O) groups excluding carboxylic acids is 1. The Bertz CT molecular complexity index is 505. The lowest BCUT2D eigenvalue weighted by Gasteiger charge is -2.19. The molecule has 2 unspecified atom stereocenters. The van der Waals surface area contributed by atoms with Crippen LogP contribution in [-0.2, 0) is 0 Å². The zero-order chi connectivity index (χ0) is 14.2. The summed E-state index contributed by atoms with van der Waals surface area (Å²) in [7, 11) is 0. The quantitative estimate of drug-likeness (QED) is 0.847. The van der Waals surface area contributed by atoms with Gasteiger partial charge >= 0.3 is 0 Å². The third-order valence-electron chi connectivity index (χ3n) is 3.45. The minimum atomic E-state index is -0.428. The largest absolute Gasteiger partial charge is 0.393 e. The van der Waals surface area contributed by atoms with Crippen molar-refractivity contribution in [1.82, 2.24) is 4.90 Å². The fraction of sp³-hybridized carbons (Fsp3) is 0.462. The van der Waals surface area contributed by atoms with Crippen LogP contribution in [0.15, 0.2) is 12.1 Å². The molecular weight excluding hydrogens is 309 g/mol. The van der Waals surface area contributed by atoms with Crippen molar-refractivity contribution < 1.29 is 9.90 Å². The van der Waals surface area contributed by atoms with Crippen LogP contribution >= 0.6 is 34.8 Å². The molecule has 2 atom stereocenters. The topological polar surface area (TPSA) is 40.5 Å². The highest BCUT2D eigenvalue weighted by Crippen LogP contribution is 2.33. The van der Waals surface area contributed by atoms with Gasteiger partial charge < -0.3 is 10.0 Å². The molecule has 3 nitrogen and oxygen atoms in total. The smallest absolute Gasteiger partial charge is 0.256 e. The van der Waals surface area contributed by atoms with E-state index in [0.717, 1.165) is 6.42 Å². The summed E-state index contributed by atoms with van der Waals surface area (Å²) in [6.07, 6.45) is 0.349. The molecule has 0 saturated carbocycles. The third-order valence-corrected chi connectivity index (χ3v) is 4.57. The molecule has 1 fully saturated rings. The number of aliphatic hydroxyl groups is 1. The number of halogens is 3. The van der Waals surface area contributed by atoms with Gasteiger partial charge in [0.25, 0.3) is 5.91 Å². The summed E-state index contributed by atoms with van der Waals surface area (Å²) >= 11 is 18.0. The minimum absolute atomic E-state index is 0.0979. The van der Waals surface area contributed by atoms with Crippen LogP contribution in [0, 0.1) is 5.92 Å². The predicted molar refractivity (Wildman–Crippen MR) is 77.2 cm³/mol. The van der Waals surface area contributed by atoms with Crippen LogP contribution < -0.4 is 0 Å². The first-order valence-electron chi connectivity index (χ1n) is 6.02. The number of hydrogen-bond donors (Lipinski definition) is 1. The lowest BCUT2D eigenvalue weighted by Crippen LogP contribution is -2.30. The highest BCUT2D eigenvalue weighted by atomic mass is 35.5. The maximum Gasteiger partial charge on any atom is 0.256 e. The minimum Gasteiger partial charge on any atom is -0.393 e. The van der Waals surface area contributed by atoms with E-state index < -0.39 is 6.10 Å². The van der Waals surface area contributed by atoms with Gasteiger partial charge in [0.2, 0.25) is 0 Å². The average molecular weight is 323 g/mol. The molecule has 0 bridgehead atoms. The molecule has 1 saturated heterocycles. The molecular formula is C13H14Cl3NO2. The van der Waals surface area contributed by atoms with Crippen LogP contribution in [0.2, 0.25) is 15.1 Å². The van der Waals surface area contributed by atoms with Crippen molar-refractivity contribution in [2.45, 2.75) is 19.4 Å². The lowest BCUT2D eigenvalue weighted by molar-refractivity contribution is 0.0763.